The molecule has 0 unspecified atom stereocenters. The second kappa shape index (κ2) is 8.84. The van der Waals surface area contributed by atoms with Crippen LogP contribution in [0.1, 0.15) is 48.6 Å². The number of carbonyl (C=O) groups excluding carboxylic acids is 1. The number of carbonyl (C=O) groups is 1. The van der Waals surface area contributed by atoms with Crippen molar-refractivity contribution in [1.29, 1.82) is 5.26 Å². The predicted molar refractivity (Wildman–Crippen MR) is 110 cm³/mol. The van der Waals surface area contributed by atoms with Crippen LogP contribution in [0, 0.1) is 11.3 Å². The second-order valence-corrected chi connectivity index (χ2v) is 7.50. The van der Waals surface area contributed by atoms with Crippen LogP contribution in [0.2, 0.25) is 0 Å². The van der Waals surface area contributed by atoms with E-state index in [4.69, 9.17) is 10.00 Å². The summed E-state index contributed by atoms with van der Waals surface area (Å²) in [6.45, 7) is 5.66. The van der Waals surface area contributed by atoms with Gasteiger partial charge in [-0.15, -0.1) is 0 Å². The van der Waals surface area contributed by atoms with E-state index in [0.717, 1.165) is 4.47 Å². The molecule has 0 fully saturated rings. The number of rotatable bonds is 6. The number of hydrogen-bond acceptors (Lipinski definition) is 6. The molecule has 0 aliphatic rings. The van der Waals surface area contributed by atoms with Gasteiger partial charge in [0, 0.05) is 16.2 Å². The molecule has 8 nitrogen and oxygen atoms in total. The third-order valence-electron chi connectivity index (χ3n) is 3.91. The van der Waals surface area contributed by atoms with Gasteiger partial charge in [0.05, 0.1) is 17.7 Å². The summed E-state index contributed by atoms with van der Waals surface area (Å²) in [7, 11) is 0. The van der Waals surface area contributed by atoms with E-state index >= 15 is 0 Å². The first-order chi connectivity index (χ1) is 13.9. The number of hydrogen-bond donors (Lipinski definition) is 1. The lowest BCUT2D eigenvalue weighted by Gasteiger charge is -2.16. The van der Waals surface area contributed by atoms with Gasteiger partial charge in [-0.25, -0.2) is 9.97 Å². The normalized spacial score (nSPS) is 11.7. The van der Waals surface area contributed by atoms with Gasteiger partial charge in [0.15, 0.2) is 11.6 Å². The molecular weight excluding hydrogens is 436 g/mol. The highest BCUT2D eigenvalue weighted by molar-refractivity contribution is 9.10. The SMILES string of the molecule is CC(C)Oc1cc(Br)cc(C(=O)N[C@@H](C)c2ncnn2-c2ccc(C#N)cn2)c1. The van der Waals surface area contributed by atoms with Gasteiger partial charge >= 0.3 is 0 Å². The standard InChI is InChI=1S/C20H19BrN6O2/c1-12(2)29-17-7-15(6-16(21)8-17)20(28)26-13(3)19-24-11-25-27(19)18-5-4-14(9-22)10-23-18/h4-8,10-13H,1-3H3,(H,26,28)/t13-/m0/s1. The zero-order chi connectivity index (χ0) is 21.0. The van der Waals surface area contributed by atoms with Gasteiger partial charge in [-0.2, -0.15) is 15.0 Å². The number of ether oxygens (including phenoxy) is 1. The van der Waals surface area contributed by atoms with Crippen LogP contribution in [-0.2, 0) is 0 Å². The molecule has 1 aromatic carbocycles. The van der Waals surface area contributed by atoms with E-state index < -0.39 is 6.04 Å². The Morgan fingerprint density at radius 2 is 2.03 bits per heavy atom. The summed E-state index contributed by atoms with van der Waals surface area (Å²) in [5, 5.41) is 16.0. The van der Waals surface area contributed by atoms with Crippen LogP contribution in [0.3, 0.4) is 0 Å². The summed E-state index contributed by atoms with van der Waals surface area (Å²) in [6, 6.07) is 10.1. The Morgan fingerprint density at radius 3 is 2.69 bits per heavy atom. The van der Waals surface area contributed by atoms with E-state index in [-0.39, 0.29) is 12.0 Å². The lowest BCUT2D eigenvalue weighted by Crippen LogP contribution is -2.29. The molecule has 0 bridgehead atoms. The van der Waals surface area contributed by atoms with Crippen molar-refractivity contribution in [2.75, 3.05) is 0 Å². The van der Waals surface area contributed by atoms with Crippen molar-refractivity contribution in [3.05, 3.63) is 64.3 Å². The van der Waals surface area contributed by atoms with Gasteiger partial charge in [0.1, 0.15) is 18.1 Å². The quantitative estimate of drug-likeness (QED) is 0.609. The summed E-state index contributed by atoms with van der Waals surface area (Å²) >= 11 is 3.41. The highest BCUT2D eigenvalue weighted by Crippen LogP contribution is 2.23. The molecule has 0 spiro atoms. The second-order valence-electron chi connectivity index (χ2n) is 6.58. The van der Waals surface area contributed by atoms with Crippen LogP contribution < -0.4 is 10.1 Å². The highest BCUT2D eigenvalue weighted by Gasteiger charge is 2.19. The fraction of sp³-hybridized carbons (Fsp3) is 0.250. The molecule has 0 aliphatic heterocycles. The average Bonchev–Trinajstić information content (AvgIpc) is 3.17. The first-order valence-corrected chi connectivity index (χ1v) is 9.71. The molecule has 29 heavy (non-hydrogen) atoms. The van der Waals surface area contributed by atoms with E-state index in [2.05, 4.69) is 36.3 Å². The van der Waals surface area contributed by atoms with E-state index in [9.17, 15) is 4.79 Å². The monoisotopic (exact) mass is 454 g/mol. The van der Waals surface area contributed by atoms with Crippen molar-refractivity contribution in [2.45, 2.75) is 32.9 Å². The minimum Gasteiger partial charge on any atom is -0.491 e. The van der Waals surface area contributed by atoms with Gasteiger partial charge in [-0.1, -0.05) is 15.9 Å². The maximum atomic E-state index is 12.8. The molecule has 1 atom stereocenters. The van der Waals surface area contributed by atoms with Crippen molar-refractivity contribution in [3.8, 4) is 17.6 Å². The number of benzene rings is 1. The van der Waals surface area contributed by atoms with Crippen molar-refractivity contribution < 1.29 is 9.53 Å². The third-order valence-corrected chi connectivity index (χ3v) is 4.37. The van der Waals surface area contributed by atoms with Gasteiger partial charge in [0.25, 0.3) is 5.91 Å². The van der Waals surface area contributed by atoms with Crippen LogP contribution in [0.15, 0.2) is 47.3 Å². The first kappa shape index (κ1) is 20.5. The van der Waals surface area contributed by atoms with Crippen LogP contribution in [0.5, 0.6) is 5.75 Å². The van der Waals surface area contributed by atoms with E-state index in [0.29, 0.717) is 28.5 Å². The molecule has 0 aliphatic carbocycles. The molecular formula is C20H19BrN6O2. The molecule has 1 N–H and O–H groups in total. The van der Waals surface area contributed by atoms with E-state index in [1.165, 1.54) is 17.2 Å². The fourth-order valence-corrected chi connectivity index (χ4v) is 3.15. The molecule has 3 aromatic rings. The maximum Gasteiger partial charge on any atom is 0.252 e. The Balaban J connectivity index is 1.80. The van der Waals surface area contributed by atoms with Crippen molar-refractivity contribution >= 4 is 21.8 Å². The van der Waals surface area contributed by atoms with Crippen molar-refractivity contribution in [3.63, 3.8) is 0 Å². The lowest BCUT2D eigenvalue weighted by molar-refractivity contribution is 0.0937. The summed E-state index contributed by atoms with van der Waals surface area (Å²) in [5.41, 5.74) is 0.912. The molecule has 9 heteroatoms. The largest absolute Gasteiger partial charge is 0.491 e. The maximum absolute atomic E-state index is 12.8. The molecule has 2 aromatic heterocycles. The van der Waals surface area contributed by atoms with Crippen LogP contribution in [0.4, 0.5) is 0 Å². The zero-order valence-electron chi connectivity index (χ0n) is 16.1. The average molecular weight is 455 g/mol. The molecule has 148 valence electrons. The number of halogens is 1. The number of nitriles is 1. The highest BCUT2D eigenvalue weighted by atomic mass is 79.9. The smallest absolute Gasteiger partial charge is 0.252 e. The van der Waals surface area contributed by atoms with Crippen LogP contribution >= 0.6 is 15.9 Å². The Morgan fingerprint density at radius 1 is 1.24 bits per heavy atom. The minimum absolute atomic E-state index is 0.00221. The molecule has 0 saturated heterocycles. The first-order valence-electron chi connectivity index (χ1n) is 8.92. The summed E-state index contributed by atoms with van der Waals surface area (Å²) in [5.74, 6) is 1.36. The molecule has 0 radical (unpaired) electrons. The number of pyridine rings is 1. The Bertz CT molecular complexity index is 1060. The topological polar surface area (TPSA) is 106 Å². The Hall–Kier alpha value is -3.25. The third kappa shape index (κ3) is 4.97. The van der Waals surface area contributed by atoms with E-state index in [1.54, 1.807) is 24.3 Å². The zero-order valence-corrected chi connectivity index (χ0v) is 17.7. The van der Waals surface area contributed by atoms with Crippen molar-refractivity contribution in [1.82, 2.24) is 25.1 Å². The number of nitrogens with zero attached hydrogens (tertiary/aromatic N) is 5. The number of amides is 1. The molecule has 0 saturated carbocycles. The Labute approximate surface area is 176 Å². The van der Waals surface area contributed by atoms with Gasteiger partial charge < -0.3 is 10.1 Å². The number of aromatic nitrogens is 4. The summed E-state index contributed by atoms with van der Waals surface area (Å²) in [4.78, 5) is 21.3. The van der Waals surface area contributed by atoms with Crippen molar-refractivity contribution in [2.24, 2.45) is 0 Å². The van der Waals surface area contributed by atoms with E-state index in [1.807, 2.05) is 32.9 Å². The molecule has 3 rings (SSSR count). The minimum atomic E-state index is -0.434. The lowest BCUT2D eigenvalue weighted by atomic mass is 10.2. The summed E-state index contributed by atoms with van der Waals surface area (Å²) in [6.07, 6.45) is 2.85. The number of nitrogens with one attached hydrogen (secondary N) is 1. The van der Waals surface area contributed by atoms with Gasteiger partial charge in [0.2, 0.25) is 0 Å². The van der Waals surface area contributed by atoms with Crippen LogP contribution in [0.25, 0.3) is 5.82 Å². The predicted octanol–water partition coefficient (Wildman–Crippen LogP) is 3.57. The van der Waals surface area contributed by atoms with Gasteiger partial charge in [-0.05, 0) is 51.1 Å². The Kier molecular flexibility index (Phi) is 6.24. The fourth-order valence-electron chi connectivity index (χ4n) is 2.68. The van der Waals surface area contributed by atoms with Gasteiger partial charge in [-0.3, -0.25) is 4.79 Å². The summed E-state index contributed by atoms with van der Waals surface area (Å²) < 4.78 is 7.97. The van der Waals surface area contributed by atoms with Crippen LogP contribution in [-0.4, -0.2) is 31.8 Å². The molecule has 1 amide bonds. The molecule has 2 heterocycles.